The van der Waals surface area contributed by atoms with Crippen molar-refractivity contribution in [2.45, 2.75) is 24.7 Å². The molecule has 2 aliphatic rings. The van der Waals surface area contributed by atoms with Crippen molar-refractivity contribution in [1.82, 2.24) is 0 Å². The molecule has 0 saturated carbocycles. The summed E-state index contributed by atoms with van der Waals surface area (Å²) in [5.74, 6) is 0. The maximum absolute atomic E-state index is 2.53. The molecule has 0 saturated heterocycles. The van der Waals surface area contributed by atoms with E-state index >= 15 is 0 Å². The SMILES string of the molecule is CC1(c2ccccc2)c2ccccc2-c2ccc(N(c3cccc(-c4ccc5sc6ccccc6c5c4)c3)c3cccc4c3-c3ccccc3C4(C)c3ccccc3)cc21. The highest BCUT2D eigenvalue weighted by atomic mass is 32.1. The van der Waals surface area contributed by atoms with Gasteiger partial charge in [0, 0.05) is 47.9 Å². The van der Waals surface area contributed by atoms with Crippen LogP contribution in [-0.2, 0) is 10.8 Å². The molecule has 10 aromatic rings. The second-order valence-corrected chi connectivity index (χ2v) is 17.8. The third kappa shape index (κ3) is 4.98. The van der Waals surface area contributed by atoms with Crippen molar-refractivity contribution < 1.29 is 0 Å². The average molecular weight is 784 g/mol. The predicted octanol–water partition coefficient (Wildman–Crippen LogP) is 15.9. The minimum absolute atomic E-state index is 0.319. The molecule has 1 aromatic heterocycles. The molecule has 12 rings (SSSR count). The summed E-state index contributed by atoms with van der Waals surface area (Å²) in [7, 11) is 0. The van der Waals surface area contributed by atoms with Crippen LogP contribution in [0.25, 0.3) is 53.6 Å². The van der Waals surface area contributed by atoms with Crippen molar-refractivity contribution in [1.29, 1.82) is 0 Å². The molecule has 2 aliphatic carbocycles. The van der Waals surface area contributed by atoms with E-state index in [1.165, 1.54) is 92.6 Å². The number of rotatable bonds is 6. The normalized spacial score (nSPS) is 17.3. The second-order valence-electron chi connectivity index (χ2n) is 16.7. The Labute approximate surface area is 355 Å². The fourth-order valence-electron chi connectivity index (χ4n) is 10.6. The van der Waals surface area contributed by atoms with E-state index in [9.17, 15) is 0 Å². The van der Waals surface area contributed by atoms with Gasteiger partial charge in [-0.1, -0.05) is 164 Å². The number of nitrogens with zero attached hydrogens (tertiary/aromatic N) is 1. The van der Waals surface area contributed by atoms with Gasteiger partial charge in [-0.25, -0.2) is 0 Å². The minimum Gasteiger partial charge on any atom is -0.310 e. The molecule has 60 heavy (non-hydrogen) atoms. The van der Waals surface area contributed by atoms with Crippen molar-refractivity contribution in [2.75, 3.05) is 4.90 Å². The van der Waals surface area contributed by atoms with E-state index < -0.39 is 0 Å². The lowest BCUT2D eigenvalue weighted by Gasteiger charge is -2.32. The molecule has 0 bridgehead atoms. The molecule has 284 valence electrons. The molecule has 0 fully saturated rings. The maximum atomic E-state index is 2.53. The van der Waals surface area contributed by atoms with Gasteiger partial charge in [-0.2, -0.15) is 0 Å². The first-order valence-corrected chi connectivity index (χ1v) is 21.7. The van der Waals surface area contributed by atoms with E-state index in [1.807, 2.05) is 11.3 Å². The van der Waals surface area contributed by atoms with Gasteiger partial charge in [0.2, 0.25) is 0 Å². The highest BCUT2D eigenvalue weighted by Crippen LogP contribution is 2.58. The van der Waals surface area contributed by atoms with Gasteiger partial charge in [-0.3, -0.25) is 0 Å². The van der Waals surface area contributed by atoms with E-state index in [0.717, 1.165) is 11.4 Å². The minimum atomic E-state index is -0.327. The van der Waals surface area contributed by atoms with Crippen molar-refractivity contribution in [3.8, 4) is 33.4 Å². The van der Waals surface area contributed by atoms with E-state index in [0.29, 0.717) is 0 Å². The second kappa shape index (κ2) is 13.3. The van der Waals surface area contributed by atoms with Crippen LogP contribution in [-0.4, -0.2) is 0 Å². The first-order valence-electron chi connectivity index (χ1n) is 20.9. The fourth-order valence-corrected chi connectivity index (χ4v) is 11.7. The molecule has 1 heterocycles. The van der Waals surface area contributed by atoms with Crippen LogP contribution in [0.3, 0.4) is 0 Å². The highest BCUT2D eigenvalue weighted by Gasteiger charge is 2.44. The molecule has 9 aromatic carbocycles. The van der Waals surface area contributed by atoms with Gasteiger partial charge < -0.3 is 4.90 Å². The molecule has 0 spiro atoms. The molecule has 0 aliphatic heterocycles. The van der Waals surface area contributed by atoms with Crippen LogP contribution in [0.15, 0.2) is 212 Å². The van der Waals surface area contributed by atoms with Crippen LogP contribution in [0.2, 0.25) is 0 Å². The standard InChI is InChI=1S/C58H41NS/c1-57(40-18-5-3-6-19-40)50-27-13-10-25-47(50)56-51(57)28-16-29-53(56)59(42-22-15-17-38(35-42)39-31-34-55-48(36-39)46-24-11-14-30-54(46)60-55)43-32-33-45-44-23-9-12-26-49(44)58(2,52(45)37-43)41-20-7-4-8-21-41/h3-37H,1-2H3. The zero-order valence-electron chi connectivity index (χ0n) is 33.6. The number of fused-ring (bicyclic) bond motifs is 9. The quantitative estimate of drug-likeness (QED) is 0.162. The summed E-state index contributed by atoms with van der Waals surface area (Å²) in [6.07, 6.45) is 0. The molecular weight excluding hydrogens is 743 g/mol. The Morgan fingerprint density at radius 1 is 0.367 bits per heavy atom. The van der Waals surface area contributed by atoms with Gasteiger partial charge in [0.05, 0.1) is 5.69 Å². The number of thiophene rings is 1. The van der Waals surface area contributed by atoms with E-state index in [1.54, 1.807) is 0 Å². The van der Waals surface area contributed by atoms with Crippen molar-refractivity contribution in [2.24, 2.45) is 0 Å². The summed E-state index contributed by atoms with van der Waals surface area (Å²) >= 11 is 1.87. The Bertz CT molecular complexity index is 3310. The van der Waals surface area contributed by atoms with Crippen LogP contribution in [0.4, 0.5) is 17.1 Å². The molecule has 0 amide bonds. The maximum Gasteiger partial charge on any atom is 0.0543 e. The molecule has 1 nitrogen and oxygen atoms in total. The number of hydrogen-bond donors (Lipinski definition) is 0. The predicted molar refractivity (Wildman–Crippen MR) is 254 cm³/mol. The Morgan fingerprint density at radius 3 is 1.72 bits per heavy atom. The Kier molecular flexibility index (Phi) is 7.73. The highest BCUT2D eigenvalue weighted by molar-refractivity contribution is 7.25. The zero-order chi connectivity index (χ0) is 40.0. The van der Waals surface area contributed by atoms with Gasteiger partial charge >= 0.3 is 0 Å². The monoisotopic (exact) mass is 783 g/mol. The summed E-state index contributed by atoms with van der Waals surface area (Å²) in [6.45, 7) is 4.82. The molecular formula is C58H41NS. The summed E-state index contributed by atoms with van der Waals surface area (Å²) in [5, 5.41) is 2.63. The topological polar surface area (TPSA) is 3.24 Å². The summed E-state index contributed by atoms with van der Waals surface area (Å²) in [4.78, 5) is 2.53. The lowest BCUT2D eigenvalue weighted by molar-refractivity contribution is 0.713. The first kappa shape index (κ1) is 35.0. The van der Waals surface area contributed by atoms with Crippen LogP contribution >= 0.6 is 11.3 Å². The van der Waals surface area contributed by atoms with Gasteiger partial charge in [0.15, 0.2) is 0 Å². The van der Waals surface area contributed by atoms with Crippen molar-refractivity contribution in [3.63, 3.8) is 0 Å². The molecule has 2 unspecified atom stereocenters. The smallest absolute Gasteiger partial charge is 0.0543 e. The first-order chi connectivity index (χ1) is 29.5. The van der Waals surface area contributed by atoms with Crippen LogP contribution in [0, 0.1) is 0 Å². The zero-order valence-corrected chi connectivity index (χ0v) is 34.4. The fraction of sp³-hybridized carbons (Fsp3) is 0.0690. The van der Waals surface area contributed by atoms with Crippen LogP contribution in [0.5, 0.6) is 0 Å². The third-order valence-corrected chi connectivity index (χ3v) is 14.8. The van der Waals surface area contributed by atoms with Crippen LogP contribution < -0.4 is 4.90 Å². The molecule has 2 atom stereocenters. The number of hydrogen-bond acceptors (Lipinski definition) is 2. The van der Waals surface area contributed by atoms with Crippen molar-refractivity contribution >= 4 is 48.6 Å². The van der Waals surface area contributed by atoms with Crippen molar-refractivity contribution in [3.05, 3.63) is 246 Å². The average Bonchev–Trinajstić information content (AvgIpc) is 3.91. The molecule has 2 heteroatoms. The van der Waals surface area contributed by atoms with E-state index in [4.69, 9.17) is 0 Å². The van der Waals surface area contributed by atoms with E-state index in [-0.39, 0.29) is 10.8 Å². The van der Waals surface area contributed by atoms with Gasteiger partial charge in [-0.15, -0.1) is 11.3 Å². The Morgan fingerprint density at radius 2 is 0.933 bits per heavy atom. The lowest BCUT2D eigenvalue weighted by Crippen LogP contribution is -2.23. The van der Waals surface area contributed by atoms with Gasteiger partial charge in [0.25, 0.3) is 0 Å². The Hall–Kier alpha value is -7.00. The largest absolute Gasteiger partial charge is 0.310 e. The van der Waals surface area contributed by atoms with Gasteiger partial charge in [-0.05, 0) is 124 Å². The van der Waals surface area contributed by atoms with Gasteiger partial charge in [0.1, 0.15) is 0 Å². The summed E-state index contributed by atoms with van der Waals surface area (Å²) < 4.78 is 2.64. The lowest BCUT2D eigenvalue weighted by atomic mass is 9.74. The third-order valence-electron chi connectivity index (χ3n) is 13.6. The van der Waals surface area contributed by atoms with Crippen LogP contribution in [0.1, 0.15) is 47.2 Å². The number of anilines is 3. The molecule has 0 N–H and O–H groups in total. The number of benzene rings is 9. The Balaban J connectivity index is 1.11. The molecule has 0 radical (unpaired) electrons. The van der Waals surface area contributed by atoms with E-state index in [2.05, 4.69) is 231 Å². The summed E-state index contributed by atoms with van der Waals surface area (Å²) in [5.41, 5.74) is 18.3. The summed E-state index contributed by atoms with van der Waals surface area (Å²) in [6, 6.07) is 79.2.